The Labute approximate surface area is 178 Å². The molecule has 156 valence electrons. The summed E-state index contributed by atoms with van der Waals surface area (Å²) in [6, 6.07) is 2.54. The fourth-order valence-corrected chi connectivity index (χ4v) is 4.74. The summed E-state index contributed by atoms with van der Waals surface area (Å²) in [7, 11) is 0. The van der Waals surface area contributed by atoms with Crippen LogP contribution in [0.3, 0.4) is 0 Å². The van der Waals surface area contributed by atoms with Crippen molar-refractivity contribution >= 4 is 27.9 Å². The third-order valence-electron chi connectivity index (χ3n) is 5.69. The molecule has 1 aromatic carbocycles. The van der Waals surface area contributed by atoms with Crippen LogP contribution in [0.1, 0.15) is 56.6 Å². The van der Waals surface area contributed by atoms with E-state index in [2.05, 4.69) is 33.1 Å². The maximum Gasteiger partial charge on any atom is 0.319 e. The zero-order valence-electron chi connectivity index (χ0n) is 16.2. The summed E-state index contributed by atoms with van der Waals surface area (Å²) >= 11 is 3.53. The van der Waals surface area contributed by atoms with Gasteiger partial charge in [-0.05, 0) is 43.4 Å². The molecule has 2 heterocycles. The summed E-state index contributed by atoms with van der Waals surface area (Å²) < 4.78 is 17.5. The van der Waals surface area contributed by atoms with Crippen LogP contribution in [0.5, 0.6) is 11.5 Å². The van der Waals surface area contributed by atoms with Crippen LogP contribution in [0.4, 0.5) is 4.79 Å². The fraction of sp³-hybridized carbons (Fsp3) is 0.524. The predicted molar refractivity (Wildman–Crippen MR) is 110 cm³/mol. The second-order valence-electron chi connectivity index (χ2n) is 7.71. The lowest BCUT2D eigenvalue weighted by Gasteiger charge is -2.34. The van der Waals surface area contributed by atoms with Gasteiger partial charge in [0, 0.05) is 10.2 Å². The quantitative estimate of drug-likeness (QED) is 0.650. The highest BCUT2D eigenvalue weighted by molar-refractivity contribution is 9.10. The van der Waals surface area contributed by atoms with Crippen molar-refractivity contribution in [3.8, 4) is 11.5 Å². The Morgan fingerprint density at radius 1 is 1.10 bits per heavy atom. The van der Waals surface area contributed by atoms with Crippen LogP contribution in [0.25, 0.3) is 0 Å². The molecule has 1 saturated carbocycles. The molecule has 7 nitrogen and oxygen atoms in total. The Bertz CT molecular complexity index is 820. The highest BCUT2D eigenvalue weighted by Crippen LogP contribution is 2.42. The van der Waals surface area contributed by atoms with Crippen LogP contribution in [0, 0.1) is 5.92 Å². The average molecular weight is 465 g/mol. The molecular weight excluding hydrogens is 440 g/mol. The lowest BCUT2D eigenvalue weighted by molar-refractivity contribution is -0.155. The van der Waals surface area contributed by atoms with Crippen LogP contribution >= 0.6 is 15.9 Å². The van der Waals surface area contributed by atoms with Gasteiger partial charge in [-0.1, -0.05) is 41.8 Å². The van der Waals surface area contributed by atoms with E-state index >= 15 is 0 Å². The number of rotatable bonds is 3. The van der Waals surface area contributed by atoms with Crippen molar-refractivity contribution in [2.75, 3.05) is 6.79 Å². The molecule has 2 atom stereocenters. The number of hydrogen-bond donors (Lipinski definition) is 2. The smallest absolute Gasteiger partial charge is 0.319 e. The molecule has 3 aliphatic rings. The van der Waals surface area contributed by atoms with Gasteiger partial charge in [-0.2, -0.15) is 0 Å². The van der Waals surface area contributed by atoms with Crippen molar-refractivity contribution in [3.05, 3.63) is 34.4 Å². The van der Waals surface area contributed by atoms with E-state index in [1.807, 2.05) is 0 Å². The molecule has 2 fully saturated rings. The van der Waals surface area contributed by atoms with Crippen LogP contribution in [-0.4, -0.2) is 24.9 Å². The van der Waals surface area contributed by atoms with E-state index in [1.54, 1.807) is 12.1 Å². The maximum absolute atomic E-state index is 13.2. The van der Waals surface area contributed by atoms with Gasteiger partial charge in [-0.25, -0.2) is 4.79 Å². The summed E-state index contributed by atoms with van der Waals surface area (Å²) in [5.41, 5.74) is 1.05. The number of carbonyl (C=O) groups is 2. The van der Waals surface area contributed by atoms with E-state index in [0.29, 0.717) is 27.2 Å². The average Bonchev–Trinajstić information content (AvgIpc) is 3.09. The molecular formula is C21H25BrN2O5. The summed E-state index contributed by atoms with van der Waals surface area (Å²) in [5, 5.41) is 5.47. The summed E-state index contributed by atoms with van der Waals surface area (Å²) in [6.45, 7) is 4.07. The molecule has 0 spiro atoms. The largest absolute Gasteiger partial charge is 0.462 e. The molecule has 2 amide bonds. The lowest BCUT2D eigenvalue weighted by Crippen LogP contribution is -2.51. The van der Waals surface area contributed by atoms with Gasteiger partial charge in [-0.15, -0.1) is 0 Å². The molecule has 1 saturated heterocycles. The lowest BCUT2D eigenvalue weighted by atomic mass is 9.88. The molecule has 0 radical (unpaired) electrons. The molecule has 0 bridgehead atoms. The number of benzene rings is 1. The Kier molecular flexibility index (Phi) is 5.99. The standard InChI is InChI=1S/C21H25BrN2O5/c1-12-18(20(25)29-13-7-5-3-2-4-6-8-13)19(24-21(26)23-12)14-9-16-17(10-15(14)22)28-11-27-16/h9-10,13,18-19H,1-8,11H2,(H2,23,24,26). The number of nitrogens with one attached hydrogen (secondary N) is 2. The van der Waals surface area contributed by atoms with Gasteiger partial charge in [0.25, 0.3) is 0 Å². The van der Waals surface area contributed by atoms with Gasteiger partial charge < -0.3 is 24.8 Å². The van der Waals surface area contributed by atoms with Gasteiger partial charge in [0.1, 0.15) is 12.0 Å². The Morgan fingerprint density at radius 2 is 1.76 bits per heavy atom. The zero-order valence-corrected chi connectivity index (χ0v) is 17.8. The number of halogens is 1. The second kappa shape index (κ2) is 8.65. The number of fused-ring (bicyclic) bond motifs is 1. The maximum atomic E-state index is 13.2. The summed E-state index contributed by atoms with van der Waals surface area (Å²) in [4.78, 5) is 25.3. The van der Waals surface area contributed by atoms with Crippen LogP contribution < -0.4 is 20.1 Å². The number of urea groups is 1. The van der Waals surface area contributed by atoms with E-state index in [9.17, 15) is 9.59 Å². The zero-order chi connectivity index (χ0) is 20.4. The van der Waals surface area contributed by atoms with E-state index in [4.69, 9.17) is 14.2 Å². The Balaban J connectivity index is 1.58. The molecule has 1 aliphatic carbocycles. The van der Waals surface area contributed by atoms with Gasteiger partial charge >= 0.3 is 12.0 Å². The van der Waals surface area contributed by atoms with Crippen molar-refractivity contribution in [2.24, 2.45) is 5.92 Å². The normalized spacial score (nSPS) is 24.9. The van der Waals surface area contributed by atoms with E-state index < -0.39 is 18.0 Å². The van der Waals surface area contributed by atoms with Crippen molar-refractivity contribution in [3.63, 3.8) is 0 Å². The molecule has 0 aromatic heterocycles. The number of ether oxygens (including phenoxy) is 3. The molecule has 29 heavy (non-hydrogen) atoms. The Morgan fingerprint density at radius 3 is 2.48 bits per heavy atom. The molecule has 8 heteroatoms. The number of hydrogen-bond acceptors (Lipinski definition) is 5. The van der Waals surface area contributed by atoms with Crippen LogP contribution in [0.2, 0.25) is 0 Å². The fourth-order valence-electron chi connectivity index (χ4n) is 4.17. The first kappa shape index (κ1) is 20.1. The first-order valence-corrected chi connectivity index (χ1v) is 10.9. The van der Waals surface area contributed by atoms with Gasteiger partial charge in [0.15, 0.2) is 11.5 Å². The monoisotopic (exact) mass is 464 g/mol. The first-order chi connectivity index (χ1) is 14.0. The van der Waals surface area contributed by atoms with E-state index in [-0.39, 0.29) is 18.9 Å². The third-order valence-corrected chi connectivity index (χ3v) is 6.37. The molecule has 4 rings (SSSR count). The second-order valence-corrected chi connectivity index (χ2v) is 8.56. The van der Waals surface area contributed by atoms with Crippen LogP contribution in [-0.2, 0) is 9.53 Å². The topological polar surface area (TPSA) is 85.9 Å². The van der Waals surface area contributed by atoms with E-state index in [0.717, 1.165) is 25.7 Å². The van der Waals surface area contributed by atoms with Crippen molar-refractivity contribution in [1.29, 1.82) is 0 Å². The number of amides is 2. The molecule has 2 unspecified atom stereocenters. The first-order valence-electron chi connectivity index (χ1n) is 10.1. The minimum atomic E-state index is -0.741. The van der Waals surface area contributed by atoms with Gasteiger partial charge in [-0.3, -0.25) is 4.79 Å². The highest BCUT2D eigenvalue weighted by atomic mass is 79.9. The number of carbonyl (C=O) groups excluding carboxylic acids is 2. The summed E-state index contributed by atoms with van der Waals surface area (Å²) in [6.07, 6.45) is 7.39. The summed E-state index contributed by atoms with van der Waals surface area (Å²) in [5.74, 6) is 0.0829. The SMILES string of the molecule is C=C1NC(=O)NC(c2cc3c(cc2Br)OCO3)C1C(=O)OC1CCCCCCC1. The number of esters is 1. The Hall–Kier alpha value is -2.22. The van der Waals surface area contributed by atoms with E-state index in [1.165, 1.54) is 19.3 Å². The molecule has 1 aromatic rings. The predicted octanol–water partition coefficient (Wildman–Crippen LogP) is 4.32. The molecule has 2 N–H and O–H groups in total. The van der Waals surface area contributed by atoms with Crippen molar-refractivity contribution < 1.29 is 23.8 Å². The van der Waals surface area contributed by atoms with Gasteiger partial charge in [0.2, 0.25) is 6.79 Å². The van der Waals surface area contributed by atoms with Crippen molar-refractivity contribution in [1.82, 2.24) is 10.6 Å². The minimum absolute atomic E-state index is 0.0888. The third kappa shape index (κ3) is 4.37. The van der Waals surface area contributed by atoms with Gasteiger partial charge in [0.05, 0.1) is 6.04 Å². The van der Waals surface area contributed by atoms with Crippen LogP contribution in [0.15, 0.2) is 28.9 Å². The van der Waals surface area contributed by atoms with Crippen molar-refractivity contribution in [2.45, 2.75) is 57.1 Å². The molecule has 2 aliphatic heterocycles. The minimum Gasteiger partial charge on any atom is -0.462 e. The highest BCUT2D eigenvalue weighted by Gasteiger charge is 2.41.